The van der Waals surface area contributed by atoms with Crippen molar-refractivity contribution >= 4 is 17.2 Å². The molecule has 0 radical (unpaired) electrons. The fourth-order valence-corrected chi connectivity index (χ4v) is 2.22. The molecule has 1 unspecified atom stereocenters. The smallest absolute Gasteiger partial charge is 0.161 e. The van der Waals surface area contributed by atoms with Crippen LogP contribution in [0, 0.1) is 0 Å². The van der Waals surface area contributed by atoms with Gasteiger partial charge < -0.3 is 15.8 Å². The molecular weight excluding hydrogens is 228 g/mol. The van der Waals surface area contributed by atoms with E-state index in [1.165, 1.54) is 13.3 Å². The number of anilines is 2. The summed E-state index contributed by atoms with van der Waals surface area (Å²) in [6.07, 6.45) is 3.71. The Kier molecular flexibility index (Phi) is 4.20. The van der Waals surface area contributed by atoms with Crippen molar-refractivity contribution in [2.24, 2.45) is 0 Å². The molecule has 1 aromatic carbocycles. The summed E-state index contributed by atoms with van der Waals surface area (Å²) >= 11 is 0. The zero-order chi connectivity index (χ0) is 13.0. The van der Waals surface area contributed by atoms with Crippen molar-refractivity contribution in [3.05, 3.63) is 23.8 Å². The van der Waals surface area contributed by atoms with E-state index in [1.54, 1.807) is 6.07 Å². The number of hydrogen-bond donors (Lipinski definition) is 2. The molecule has 1 saturated heterocycles. The van der Waals surface area contributed by atoms with Crippen LogP contribution in [0.15, 0.2) is 18.2 Å². The van der Waals surface area contributed by atoms with Crippen molar-refractivity contribution in [1.29, 1.82) is 0 Å². The van der Waals surface area contributed by atoms with Crippen molar-refractivity contribution in [3.8, 4) is 0 Å². The Labute approximate surface area is 108 Å². The van der Waals surface area contributed by atoms with Crippen LogP contribution in [0.2, 0.25) is 0 Å². The standard InChI is InChI=1S/C14H20N2O2/c1-10(17)13-9-11(4-5-14(13)15)16-7-6-12-3-2-8-18-12/h4-5,9,12,16H,2-3,6-8,15H2,1H3. The Morgan fingerprint density at radius 3 is 3.06 bits per heavy atom. The monoisotopic (exact) mass is 248 g/mol. The highest BCUT2D eigenvalue weighted by Crippen LogP contribution is 2.19. The number of ketones is 1. The van der Waals surface area contributed by atoms with E-state index in [1.807, 2.05) is 12.1 Å². The van der Waals surface area contributed by atoms with Gasteiger partial charge in [-0.15, -0.1) is 0 Å². The molecule has 2 rings (SSSR count). The Bertz CT molecular complexity index is 426. The van der Waals surface area contributed by atoms with Crippen molar-refractivity contribution in [2.75, 3.05) is 24.2 Å². The van der Waals surface area contributed by atoms with Gasteiger partial charge in [-0.1, -0.05) is 0 Å². The normalized spacial score (nSPS) is 18.8. The van der Waals surface area contributed by atoms with Crippen molar-refractivity contribution in [1.82, 2.24) is 0 Å². The molecule has 18 heavy (non-hydrogen) atoms. The van der Waals surface area contributed by atoms with Crippen LogP contribution >= 0.6 is 0 Å². The molecule has 0 aromatic heterocycles. The van der Waals surface area contributed by atoms with Gasteiger partial charge >= 0.3 is 0 Å². The van der Waals surface area contributed by atoms with E-state index in [2.05, 4.69) is 5.32 Å². The van der Waals surface area contributed by atoms with E-state index in [0.717, 1.165) is 31.7 Å². The summed E-state index contributed by atoms with van der Waals surface area (Å²) in [6.45, 7) is 3.27. The first-order valence-electron chi connectivity index (χ1n) is 6.43. The number of hydrogen-bond acceptors (Lipinski definition) is 4. The molecular formula is C14H20N2O2. The van der Waals surface area contributed by atoms with Crippen LogP contribution in [0.1, 0.15) is 36.5 Å². The lowest BCUT2D eigenvalue weighted by Gasteiger charge is -2.12. The first-order valence-corrected chi connectivity index (χ1v) is 6.43. The molecule has 0 spiro atoms. The second-order valence-corrected chi connectivity index (χ2v) is 4.71. The summed E-state index contributed by atoms with van der Waals surface area (Å²) in [7, 11) is 0. The maximum absolute atomic E-state index is 11.4. The summed E-state index contributed by atoms with van der Waals surface area (Å²) in [5.74, 6) is -0.00437. The average molecular weight is 248 g/mol. The molecule has 4 heteroatoms. The second kappa shape index (κ2) is 5.87. The predicted octanol–water partition coefficient (Wildman–Crippen LogP) is 2.45. The fourth-order valence-electron chi connectivity index (χ4n) is 2.22. The molecule has 3 N–H and O–H groups in total. The van der Waals surface area contributed by atoms with Crippen LogP contribution < -0.4 is 11.1 Å². The number of nitrogens with two attached hydrogens (primary N) is 1. The van der Waals surface area contributed by atoms with Crippen LogP contribution in [0.3, 0.4) is 0 Å². The molecule has 0 amide bonds. The van der Waals surface area contributed by atoms with Crippen LogP contribution in [-0.2, 0) is 4.74 Å². The minimum Gasteiger partial charge on any atom is -0.398 e. The first-order chi connectivity index (χ1) is 8.66. The van der Waals surface area contributed by atoms with E-state index in [4.69, 9.17) is 10.5 Å². The van der Waals surface area contributed by atoms with E-state index >= 15 is 0 Å². The SMILES string of the molecule is CC(=O)c1cc(NCCC2CCCO2)ccc1N. The van der Waals surface area contributed by atoms with Gasteiger partial charge in [0.1, 0.15) is 0 Å². The Morgan fingerprint density at radius 2 is 2.39 bits per heavy atom. The molecule has 1 heterocycles. The van der Waals surface area contributed by atoms with Crippen molar-refractivity contribution in [2.45, 2.75) is 32.3 Å². The van der Waals surface area contributed by atoms with Crippen molar-refractivity contribution in [3.63, 3.8) is 0 Å². The number of Topliss-reactive ketones (excluding diaryl/α,β-unsaturated/α-hetero) is 1. The summed E-state index contributed by atoms with van der Waals surface area (Å²) in [6, 6.07) is 5.48. The van der Waals surface area contributed by atoms with Crippen LogP contribution in [-0.4, -0.2) is 25.0 Å². The lowest BCUT2D eigenvalue weighted by atomic mass is 10.1. The molecule has 1 atom stereocenters. The van der Waals surface area contributed by atoms with Gasteiger partial charge in [0, 0.05) is 30.1 Å². The second-order valence-electron chi connectivity index (χ2n) is 4.71. The van der Waals surface area contributed by atoms with Gasteiger partial charge in [0.05, 0.1) is 6.10 Å². The zero-order valence-electron chi connectivity index (χ0n) is 10.7. The largest absolute Gasteiger partial charge is 0.398 e. The number of benzene rings is 1. The number of rotatable bonds is 5. The lowest BCUT2D eigenvalue weighted by Crippen LogP contribution is -2.12. The van der Waals surface area contributed by atoms with Crippen LogP contribution in [0.4, 0.5) is 11.4 Å². The molecule has 0 aliphatic carbocycles. The third-order valence-corrected chi connectivity index (χ3v) is 3.25. The molecule has 4 nitrogen and oxygen atoms in total. The Morgan fingerprint density at radius 1 is 1.56 bits per heavy atom. The minimum atomic E-state index is -0.00437. The number of carbonyl (C=O) groups excluding carboxylic acids is 1. The third kappa shape index (κ3) is 3.23. The van der Waals surface area contributed by atoms with Gasteiger partial charge in [0.15, 0.2) is 5.78 Å². The summed E-state index contributed by atoms with van der Waals surface area (Å²) in [5, 5.41) is 3.31. The quantitative estimate of drug-likeness (QED) is 0.620. The number of nitrogens with one attached hydrogen (secondary N) is 1. The Balaban J connectivity index is 1.88. The summed E-state index contributed by atoms with van der Waals surface area (Å²) < 4.78 is 5.56. The zero-order valence-corrected chi connectivity index (χ0v) is 10.7. The van der Waals surface area contributed by atoms with E-state index in [0.29, 0.717) is 17.4 Å². The van der Waals surface area contributed by atoms with Crippen molar-refractivity contribution < 1.29 is 9.53 Å². The number of ether oxygens (including phenoxy) is 1. The fraction of sp³-hybridized carbons (Fsp3) is 0.500. The Hall–Kier alpha value is -1.55. The molecule has 0 saturated carbocycles. The highest BCUT2D eigenvalue weighted by atomic mass is 16.5. The number of carbonyl (C=O) groups is 1. The van der Waals surface area contributed by atoms with Gasteiger partial charge in [-0.25, -0.2) is 0 Å². The summed E-state index contributed by atoms with van der Waals surface area (Å²) in [4.78, 5) is 11.4. The predicted molar refractivity (Wildman–Crippen MR) is 72.9 cm³/mol. The van der Waals surface area contributed by atoms with E-state index < -0.39 is 0 Å². The summed E-state index contributed by atoms with van der Waals surface area (Å²) in [5.41, 5.74) is 7.80. The maximum Gasteiger partial charge on any atom is 0.161 e. The molecule has 1 aliphatic rings. The highest BCUT2D eigenvalue weighted by Gasteiger charge is 2.14. The van der Waals surface area contributed by atoms with E-state index in [9.17, 15) is 4.79 Å². The highest BCUT2D eigenvalue weighted by molar-refractivity contribution is 5.99. The molecule has 1 aliphatic heterocycles. The third-order valence-electron chi connectivity index (χ3n) is 3.25. The van der Waals surface area contributed by atoms with Gasteiger partial charge in [-0.3, -0.25) is 4.79 Å². The van der Waals surface area contributed by atoms with Gasteiger partial charge in [-0.05, 0) is 44.4 Å². The first kappa shape index (κ1) is 12.9. The molecule has 1 fully saturated rings. The van der Waals surface area contributed by atoms with Crippen LogP contribution in [0.5, 0.6) is 0 Å². The molecule has 1 aromatic rings. The average Bonchev–Trinajstić information content (AvgIpc) is 2.84. The van der Waals surface area contributed by atoms with Crippen LogP contribution in [0.25, 0.3) is 0 Å². The van der Waals surface area contributed by atoms with Gasteiger partial charge in [0.2, 0.25) is 0 Å². The number of nitrogen functional groups attached to an aromatic ring is 1. The molecule has 98 valence electrons. The van der Waals surface area contributed by atoms with Gasteiger partial charge in [0.25, 0.3) is 0 Å². The topological polar surface area (TPSA) is 64.3 Å². The van der Waals surface area contributed by atoms with Gasteiger partial charge in [-0.2, -0.15) is 0 Å². The minimum absolute atomic E-state index is 0.00437. The lowest BCUT2D eigenvalue weighted by molar-refractivity contribution is 0.101. The van der Waals surface area contributed by atoms with E-state index in [-0.39, 0.29) is 5.78 Å². The molecule has 0 bridgehead atoms. The maximum atomic E-state index is 11.4.